The molecule has 0 spiro atoms. The van der Waals surface area contributed by atoms with Gasteiger partial charge in [-0.15, -0.1) is 0 Å². The molecule has 2 rings (SSSR count). The van der Waals surface area contributed by atoms with Gasteiger partial charge < -0.3 is 10.1 Å². The van der Waals surface area contributed by atoms with E-state index >= 15 is 0 Å². The molecule has 1 fully saturated rings. The molecule has 0 bridgehead atoms. The van der Waals surface area contributed by atoms with Crippen LogP contribution in [0.4, 0.5) is 0 Å². The first-order valence-electron chi connectivity index (χ1n) is 5.14. The predicted octanol–water partition coefficient (Wildman–Crippen LogP) is 1.82. The fourth-order valence-corrected chi connectivity index (χ4v) is 1.53. The Morgan fingerprint density at radius 2 is 2.33 bits per heavy atom. The van der Waals surface area contributed by atoms with Gasteiger partial charge in [-0.1, -0.05) is 0 Å². The van der Waals surface area contributed by atoms with Gasteiger partial charge in [0.25, 0.3) is 0 Å². The van der Waals surface area contributed by atoms with Crippen LogP contribution in [0.2, 0.25) is 0 Å². The van der Waals surface area contributed by atoms with E-state index in [1.807, 2.05) is 12.1 Å². The van der Waals surface area contributed by atoms with Crippen LogP contribution in [-0.2, 0) is 6.54 Å². The molecule has 1 aliphatic carbocycles. The topological polar surface area (TPSA) is 45.0 Å². The van der Waals surface area contributed by atoms with Crippen molar-refractivity contribution in [2.24, 2.45) is 0 Å². The van der Waals surface area contributed by atoms with Gasteiger partial charge in [0.1, 0.15) is 5.75 Å². The second kappa shape index (κ2) is 4.33. The van der Waals surface area contributed by atoms with Crippen molar-refractivity contribution in [3.05, 3.63) is 29.3 Å². The zero-order chi connectivity index (χ0) is 10.7. The van der Waals surface area contributed by atoms with E-state index in [0.29, 0.717) is 11.6 Å². The van der Waals surface area contributed by atoms with E-state index in [9.17, 15) is 0 Å². The normalized spacial score (nSPS) is 14.7. The molecule has 78 valence electrons. The fraction of sp³-hybridized carbons (Fsp3) is 0.417. The standard InChI is InChI=1S/C12H14N2O/c1-15-12-5-2-9(7-13)6-10(12)8-14-11-3-4-11/h2,5-6,11,14H,3-4,8H2,1H3. The SMILES string of the molecule is COc1ccc(C#N)cc1CNC1CC1. The third-order valence-electron chi connectivity index (χ3n) is 2.57. The molecular weight excluding hydrogens is 188 g/mol. The molecule has 3 nitrogen and oxygen atoms in total. The molecule has 0 atom stereocenters. The molecule has 0 unspecified atom stereocenters. The first-order valence-corrected chi connectivity index (χ1v) is 5.14. The van der Waals surface area contributed by atoms with E-state index in [1.165, 1.54) is 12.8 Å². The third kappa shape index (κ3) is 2.48. The highest BCUT2D eigenvalue weighted by Crippen LogP contribution is 2.23. The molecule has 1 aliphatic rings. The number of hydrogen-bond acceptors (Lipinski definition) is 3. The molecule has 3 heteroatoms. The highest BCUT2D eigenvalue weighted by Gasteiger charge is 2.20. The number of rotatable bonds is 4. The summed E-state index contributed by atoms with van der Waals surface area (Å²) in [4.78, 5) is 0. The second-order valence-electron chi connectivity index (χ2n) is 3.79. The number of methoxy groups -OCH3 is 1. The maximum atomic E-state index is 8.80. The molecule has 1 aromatic rings. The van der Waals surface area contributed by atoms with E-state index < -0.39 is 0 Å². The lowest BCUT2D eigenvalue weighted by molar-refractivity contribution is 0.407. The van der Waals surface area contributed by atoms with Crippen LogP contribution >= 0.6 is 0 Å². The summed E-state index contributed by atoms with van der Waals surface area (Å²) in [6.07, 6.45) is 2.53. The van der Waals surface area contributed by atoms with Crippen molar-refractivity contribution < 1.29 is 4.74 Å². The van der Waals surface area contributed by atoms with Crippen molar-refractivity contribution in [3.8, 4) is 11.8 Å². The molecule has 0 heterocycles. The van der Waals surface area contributed by atoms with Gasteiger partial charge in [-0.25, -0.2) is 0 Å². The molecule has 0 amide bonds. The van der Waals surface area contributed by atoms with E-state index in [2.05, 4.69) is 11.4 Å². The molecule has 1 N–H and O–H groups in total. The van der Waals surface area contributed by atoms with Crippen molar-refractivity contribution in [3.63, 3.8) is 0 Å². The summed E-state index contributed by atoms with van der Waals surface area (Å²) in [7, 11) is 1.65. The summed E-state index contributed by atoms with van der Waals surface area (Å²) in [5.41, 5.74) is 1.74. The summed E-state index contributed by atoms with van der Waals surface area (Å²) >= 11 is 0. The number of hydrogen-bond donors (Lipinski definition) is 1. The molecule has 1 aromatic carbocycles. The van der Waals surface area contributed by atoms with E-state index in [4.69, 9.17) is 10.00 Å². The minimum atomic E-state index is 0.667. The molecular formula is C12H14N2O. The minimum Gasteiger partial charge on any atom is -0.496 e. The number of ether oxygens (including phenoxy) is 1. The van der Waals surface area contributed by atoms with Gasteiger partial charge in [-0.3, -0.25) is 0 Å². The van der Waals surface area contributed by atoms with Crippen LogP contribution in [0.3, 0.4) is 0 Å². The second-order valence-corrected chi connectivity index (χ2v) is 3.79. The van der Waals surface area contributed by atoms with Gasteiger partial charge in [0.05, 0.1) is 18.7 Å². The Hall–Kier alpha value is -1.53. The lowest BCUT2D eigenvalue weighted by Gasteiger charge is -2.09. The zero-order valence-electron chi connectivity index (χ0n) is 8.79. The van der Waals surface area contributed by atoms with Crippen LogP contribution in [0.5, 0.6) is 5.75 Å². The zero-order valence-corrected chi connectivity index (χ0v) is 8.79. The van der Waals surface area contributed by atoms with E-state index in [1.54, 1.807) is 13.2 Å². The molecule has 1 saturated carbocycles. The molecule has 0 radical (unpaired) electrons. The lowest BCUT2D eigenvalue weighted by atomic mass is 10.1. The summed E-state index contributed by atoms with van der Waals surface area (Å²) in [5.74, 6) is 0.849. The Bertz CT molecular complexity index is 391. The van der Waals surface area contributed by atoms with Crippen LogP contribution < -0.4 is 10.1 Å². The Morgan fingerprint density at radius 1 is 1.53 bits per heavy atom. The van der Waals surface area contributed by atoms with Crippen molar-refractivity contribution in [2.75, 3.05) is 7.11 Å². The van der Waals surface area contributed by atoms with Gasteiger partial charge >= 0.3 is 0 Å². The van der Waals surface area contributed by atoms with Crippen LogP contribution in [0.25, 0.3) is 0 Å². The van der Waals surface area contributed by atoms with Crippen LogP contribution in [0.1, 0.15) is 24.0 Å². The maximum Gasteiger partial charge on any atom is 0.123 e. The summed E-state index contributed by atoms with van der Waals surface area (Å²) in [6, 6.07) is 8.32. The van der Waals surface area contributed by atoms with Gasteiger partial charge in [0, 0.05) is 18.2 Å². The van der Waals surface area contributed by atoms with Crippen molar-refractivity contribution in [2.45, 2.75) is 25.4 Å². The largest absolute Gasteiger partial charge is 0.496 e. The first kappa shape index (κ1) is 10.0. The fourth-order valence-electron chi connectivity index (χ4n) is 1.53. The number of nitriles is 1. The van der Waals surface area contributed by atoms with Crippen molar-refractivity contribution in [1.29, 1.82) is 5.26 Å². The minimum absolute atomic E-state index is 0.667. The average molecular weight is 202 g/mol. The average Bonchev–Trinajstić information content (AvgIpc) is 3.09. The van der Waals surface area contributed by atoms with Gasteiger partial charge in [-0.2, -0.15) is 5.26 Å². The first-order chi connectivity index (χ1) is 7.33. The quantitative estimate of drug-likeness (QED) is 0.810. The Balaban J connectivity index is 2.13. The highest BCUT2D eigenvalue weighted by atomic mass is 16.5. The smallest absolute Gasteiger partial charge is 0.123 e. The third-order valence-corrected chi connectivity index (χ3v) is 2.57. The van der Waals surface area contributed by atoms with Gasteiger partial charge in [0.15, 0.2) is 0 Å². The molecule has 15 heavy (non-hydrogen) atoms. The summed E-state index contributed by atoms with van der Waals surface area (Å²) in [5, 5.41) is 12.2. The lowest BCUT2D eigenvalue weighted by Crippen LogP contribution is -2.15. The molecule has 0 saturated heterocycles. The Morgan fingerprint density at radius 3 is 2.93 bits per heavy atom. The van der Waals surface area contributed by atoms with Gasteiger partial charge in [0.2, 0.25) is 0 Å². The predicted molar refractivity (Wildman–Crippen MR) is 57.6 cm³/mol. The van der Waals surface area contributed by atoms with E-state index in [-0.39, 0.29) is 0 Å². The Kier molecular flexibility index (Phi) is 2.89. The number of benzene rings is 1. The Labute approximate surface area is 89.7 Å². The monoisotopic (exact) mass is 202 g/mol. The maximum absolute atomic E-state index is 8.80. The number of nitrogens with zero attached hydrogens (tertiary/aromatic N) is 1. The van der Waals surface area contributed by atoms with Crippen molar-refractivity contribution >= 4 is 0 Å². The molecule has 0 aliphatic heterocycles. The highest BCUT2D eigenvalue weighted by molar-refractivity contribution is 5.42. The van der Waals surface area contributed by atoms with Crippen LogP contribution in [0, 0.1) is 11.3 Å². The summed E-state index contributed by atoms with van der Waals surface area (Å²) in [6.45, 7) is 0.781. The van der Waals surface area contributed by atoms with Crippen molar-refractivity contribution in [1.82, 2.24) is 5.32 Å². The summed E-state index contributed by atoms with van der Waals surface area (Å²) < 4.78 is 5.25. The van der Waals surface area contributed by atoms with Gasteiger partial charge in [-0.05, 0) is 31.0 Å². The van der Waals surface area contributed by atoms with E-state index in [0.717, 1.165) is 17.9 Å². The van der Waals surface area contributed by atoms with Crippen LogP contribution in [-0.4, -0.2) is 13.2 Å². The van der Waals surface area contributed by atoms with Crippen LogP contribution in [0.15, 0.2) is 18.2 Å². The number of nitrogens with one attached hydrogen (secondary N) is 1. The molecule has 0 aromatic heterocycles.